The van der Waals surface area contributed by atoms with E-state index in [-0.39, 0.29) is 30.8 Å². The molecule has 0 aliphatic heterocycles. The molecular weight excluding hydrogens is 265 g/mol. The first-order chi connectivity index (χ1) is 4.83. The molecule has 70 valence electrons. The molecule has 0 heterocycles. The van der Waals surface area contributed by atoms with Gasteiger partial charge in [0.25, 0.3) is 0 Å². The van der Waals surface area contributed by atoms with Gasteiger partial charge in [0, 0.05) is 24.7 Å². The van der Waals surface area contributed by atoms with Crippen molar-refractivity contribution in [3.05, 3.63) is 0 Å². The van der Waals surface area contributed by atoms with E-state index in [1.807, 2.05) is 27.7 Å². The smallest absolute Gasteiger partial charge is 0.310 e. The van der Waals surface area contributed by atoms with Gasteiger partial charge in [-0.25, -0.2) is 0 Å². The second-order valence-electron chi connectivity index (χ2n) is 2.78. The van der Waals surface area contributed by atoms with Crippen molar-refractivity contribution in [2.24, 2.45) is 0 Å². The molecule has 0 radical (unpaired) electrons. The molecule has 0 bridgehead atoms. The van der Waals surface area contributed by atoms with E-state index in [4.69, 9.17) is 4.52 Å². The summed E-state index contributed by atoms with van der Waals surface area (Å²) in [5, 5.41) is 0.289. The minimum atomic E-state index is -2.69. The van der Waals surface area contributed by atoms with Crippen molar-refractivity contribution in [3.63, 3.8) is 0 Å². The standard InChI is InChI=1S/C6H15O2PS2.Zn/c1-5(2)8-9(7,10)11-6(3)4;/h5-6H,1-4H3,(H,7,10);. The van der Waals surface area contributed by atoms with Gasteiger partial charge in [-0.2, -0.15) is 0 Å². The summed E-state index contributed by atoms with van der Waals surface area (Å²) in [6, 6.07) is 0. The van der Waals surface area contributed by atoms with Crippen molar-refractivity contribution < 1.29 is 28.6 Å². The van der Waals surface area contributed by atoms with E-state index in [9.17, 15) is 4.57 Å². The van der Waals surface area contributed by atoms with Crippen LogP contribution in [0.25, 0.3) is 0 Å². The van der Waals surface area contributed by atoms with Crippen LogP contribution in [0, 0.1) is 0 Å². The zero-order valence-corrected chi connectivity index (χ0v) is 13.6. The molecule has 0 aromatic rings. The van der Waals surface area contributed by atoms with Gasteiger partial charge < -0.3 is 4.52 Å². The van der Waals surface area contributed by atoms with Gasteiger partial charge in [0.1, 0.15) is 0 Å². The molecule has 6 heteroatoms. The molecule has 0 aliphatic rings. The third kappa shape index (κ3) is 9.60. The molecule has 0 aromatic heterocycles. The summed E-state index contributed by atoms with van der Waals surface area (Å²) in [6.07, 6.45) is -0.0235. The maximum Gasteiger partial charge on any atom is 0.310 e. The first-order valence-corrected chi connectivity index (χ1v) is 7.79. The largest absolute Gasteiger partial charge is 0.311 e. The van der Waals surface area contributed by atoms with Gasteiger partial charge in [0.2, 0.25) is 0 Å². The minimum Gasteiger partial charge on any atom is -0.311 e. The molecule has 0 fully saturated rings. The molecule has 0 aliphatic carbocycles. The Morgan fingerprint density at radius 2 is 1.75 bits per heavy atom. The summed E-state index contributed by atoms with van der Waals surface area (Å²) < 4.78 is 16.6. The van der Waals surface area contributed by atoms with Crippen LogP contribution in [0.3, 0.4) is 0 Å². The van der Waals surface area contributed by atoms with Crippen molar-refractivity contribution >= 4 is 29.4 Å². The summed E-state index contributed by atoms with van der Waals surface area (Å²) in [6.45, 7) is 7.64. The van der Waals surface area contributed by atoms with Gasteiger partial charge in [-0.15, -0.1) is 0 Å². The molecule has 0 saturated heterocycles. The number of hydrogen-bond donors (Lipinski definition) is 1. The van der Waals surface area contributed by atoms with E-state index in [0.29, 0.717) is 0 Å². The Kier molecular flexibility index (Phi) is 9.17. The van der Waals surface area contributed by atoms with Crippen molar-refractivity contribution in [3.8, 4) is 0 Å². The van der Waals surface area contributed by atoms with E-state index >= 15 is 0 Å². The van der Waals surface area contributed by atoms with Crippen LogP contribution in [0.2, 0.25) is 0 Å². The average molecular weight is 280 g/mol. The Hall–Kier alpha value is 1.51. The van der Waals surface area contributed by atoms with Crippen molar-refractivity contribution in [1.82, 2.24) is 0 Å². The van der Waals surface area contributed by atoms with Crippen molar-refractivity contribution in [2.75, 3.05) is 0 Å². The van der Waals surface area contributed by atoms with Gasteiger partial charge in [0.15, 0.2) is 0 Å². The third-order valence-electron chi connectivity index (χ3n) is 0.688. The van der Waals surface area contributed by atoms with Gasteiger partial charge in [-0.05, 0) is 13.8 Å². The van der Waals surface area contributed by atoms with Crippen LogP contribution in [-0.2, 0) is 28.6 Å². The molecule has 0 spiro atoms. The predicted octanol–water partition coefficient (Wildman–Crippen LogP) is 3.59. The SMILES string of the molecule is CC(C)OP(=O)(S)SC(C)C.[Zn]. The predicted molar refractivity (Wildman–Crippen MR) is 55.5 cm³/mol. The molecule has 1 unspecified atom stereocenters. The van der Waals surface area contributed by atoms with E-state index < -0.39 is 5.77 Å². The summed E-state index contributed by atoms with van der Waals surface area (Å²) in [5.41, 5.74) is 0. The molecule has 0 rings (SSSR count). The molecule has 12 heavy (non-hydrogen) atoms. The Morgan fingerprint density at radius 1 is 1.33 bits per heavy atom. The van der Waals surface area contributed by atoms with Gasteiger partial charge >= 0.3 is 5.77 Å². The Bertz CT molecular complexity index is 150. The van der Waals surface area contributed by atoms with Gasteiger partial charge in [-0.3, -0.25) is 4.57 Å². The second-order valence-corrected chi connectivity index (χ2v) is 9.54. The number of thiol groups is 1. The second kappa shape index (κ2) is 6.89. The maximum atomic E-state index is 11.4. The molecule has 0 N–H and O–H groups in total. The monoisotopic (exact) mass is 278 g/mol. The summed E-state index contributed by atoms with van der Waals surface area (Å²) in [5.74, 6) is -2.69. The van der Waals surface area contributed by atoms with Crippen molar-refractivity contribution in [2.45, 2.75) is 39.0 Å². The summed E-state index contributed by atoms with van der Waals surface area (Å²) in [4.78, 5) is 0. The topological polar surface area (TPSA) is 26.3 Å². The van der Waals surface area contributed by atoms with Crippen molar-refractivity contribution in [1.29, 1.82) is 0 Å². The summed E-state index contributed by atoms with van der Waals surface area (Å²) in [7, 11) is 0. The molecule has 0 amide bonds. The average Bonchev–Trinajstić information content (AvgIpc) is 1.53. The molecule has 0 aromatic carbocycles. The van der Waals surface area contributed by atoms with Crippen LogP contribution >= 0.6 is 29.4 Å². The van der Waals surface area contributed by atoms with Gasteiger partial charge in [0.05, 0.1) is 6.10 Å². The molecule has 0 saturated carbocycles. The Morgan fingerprint density at radius 3 is 2.00 bits per heavy atom. The van der Waals surface area contributed by atoms with Gasteiger partial charge in [-0.1, -0.05) is 37.5 Å². The summed E-state index contributed by atoms with van der Waals surface area (Å²) >= 11 is 5.24. The van der Waals surface area contributed by atoms with Crippen LogP contribution < -0.4 is 0 Å². The van der Waals surface area contributed by atoms with Crippen LogP contribution in [0.1, 0.15) is 27.7 Å². The van der Waals surface area contributed by atoms with Crippen LogP contribution in [-0.4, -0.2) is 11.4 Å². The molecular formula is C6H15O2PS2Zn. The number of rotatable bonds is 4. The zero-order chi connectivity index (χ0) is 9.07. The fraction of sp³-hybridized carbons (Fsp3) is 1.00. The quantitative estimate of drug-likeness (QED) is 0.484. The van der Waals surface area contributed by atoms with E-state index in [1.165, 1.54) is 11.4 Å². The third-order valence-corrected chi connectivity index (χ3v) is 5.52. The fourth-order valence-electron chi connectivity index (χ4n) is 0.558. The maximum absolute atomic E-state index is 11.4. The van der Waals surface area contributed by atoms with Crippen LogP contribution in [0.4, 0.5) is 0 Å². The zero-order valence-electron chi connectivity index (χ0n) is 7.98. The van der Waals surface area contributed by atoms with E-state index in [2.05, 4.69) is 12.2 Å². The van der Waals surface area contributed by atoms with E-state index in [0.717, 1.165) is 0 Å². The Labute approximate surface area is 96.7 Å². The Balaban J connectivity index is 0. The van der Waals surface area contributed by atoms with E-state index in [1.54, 1.807) is 0 Å². The minimum absolute atomic E-state index is 0. The molecule has 1 atom stereocenters. The first kappa shape index (κ1) is 16.0. The number of hydrogen-bond acceptors (Lipinski definition) is 3. The normalized spacial score (nSPS) is 15.9. The molecule has 2 nitrogen and oxygen atoms in total. The van der Waals surface area contributed by atoms with Crippen LogP contribution in [0.15, 0.2) is 0 Å². The fourth-order valence-corrected chi connectivity index (χ4v) is 6.20. The first-order valence-electron chi connectivity index (χ1n) is 3.53. The van der Waals surface area contributed by atoms with Crippen LogP contribution in [0.5, 0.6) is 0 Å².